The van der Waals surface area contributed by atoms with Crippen molar-refractivity contribution in [2.45, 2.75) is 110 Å². The number of hydrogen-bond acceptors (Lipinski definition) is 2. The molecule has 0 amide bonds. The highest BCUT2D eigenvalue weighted by Crippen LogP contribution is 2.17. The maximum Gasteiger partial charge on any atom is 0.185 e. The van der Waals surface area contributed by atoms with Crippen molar-refractivity contribution in [1.29, 1.82) is 0 Å². The first-order valence-corrected chi connectivity index (χ1v) is 15.2. The maximum absolute atomic E-state index is 12.3. The van der Waals surface area contributed by atoms with Crippen LogP contribution >= 0.6 is 15.9 Å². The summed E-state index contributed by atoms with van der Waals surface area (Å²) in [5.74, 6) is 0.902. The lowest BCUT2D eigenvalue weighted by Gasteiger charge is -2.07. The van der Waals surface area contributed by atoms with E-state index >= 15 is 0 Å². The third kappa shape index (κ3) is 14.6. The fourth-order valence-corrected chi connectivity index (χ4v) is 4.66. The van der Waals surface area contributed by atoms with Gasteiger partial charge in [-0.3, -0.25) is 4.79 Å². The van der Waals surface area contributed by atoms with Gasteiger partial charge in [-0.25, -0.2) is 0 Å². The molecule has 0 aliphatic heterocycles. The molecule has 0 bridgehead atoms. The van der Waals surface area contributed by atoms with Gasteiger partial charge in [-0.15, -0.1) is 0 Å². The summed E-state index contributed by atoms with van der Waals surface area (Å²) in [6.07, 6.45) is 25.6. The topological polar surface area (TPSA) is 26.3 Å². The summed E-state index contributed by atoms with van der Waals surface area (Å²) in [5, 5.41) is 0. The number of ether oxygens (including phenoxy) is 1. The zero-order chi connectivity index (χ0) is 25.7. The molecule has 2 aromatic carbocycles. The zero-order valence-corrected chi connectivity index (χ0v) is 24.1. The summed E-state index contributed by atoms with van der Waals surface area (Å²) >= 11 is 3.39. The van der Waals surface area contributed by atoms with Crippen molar-refractivity contribution in [2.75, 3.05) is 6.61 Å². The van der Waals surface area contributed by atoms with Gasteiger partial charge >= 0.3 is 0 Å². The number of carbonyl (C=O) groups excluding carboxylic acids is 1. The van der Waals surface area contributed by atoms with Crippen LogP contribution in [0.3, 0.4) is 0 Å². The van der Waals surface area contributed by atoms with Crippen LogP contribution in [0.4, 0.5) is 0 Å². The Balaban J connectivity index is 1.42. The van der Waals surface area contributed by atoms with Crippen LogP contribution in [0.5, 0.6) is 5.75 Å². The van der Waals surface area contributed by atoms with E-state index in [2.05, 4.69) is 22.9 Å². The summed E-state index contributed by atoms with van der Waals surface area (Å²) in [4.78, 5) is 12.3. The van der Waals surface area contributed by atoms with Gasteiger partial charge in [0.25, 0.3) is 0 Å². The second kappa shape index (κ2) is 20.2. The van der Waals surface area contributed by atoms with Crippen LogP contribution in [0.2, 0.25) is 0 Å². The highest BCUT2D eigenvalue weighted by molar-refractivity contribution is 9.10. The summed E-state index contributed by atoms with van der Waals surface area (Å²) in [5.41, 5.74) is 1.68. The fraction of sp³-hybridized carbons (Fsp3) is 0.545. The molecule has 0 radical (unpaired) electrons. The number of unbranched alkanes of at least 4 members (excludes halogenated alkanes) is 15. The molecule has 3 heteroatoms. The molecule has 0 heterocycles. The smallest absolute Gasteiger partial charge is 0.185 e. The molecule has 0 saturated heterocycles. The Morgan fingerprint density at radius 2 is 1.14 bits per heavy atom. The zero-order valence-electron chi connectivity index (χ0n) is 22.5. The maximum atomic E-state index is 12.3. The highest BCUT2D eigenvalue weighted by Gasteiger charge is 2.01. The number of halogens is 1. The first-order valence-electron chi connectivity index (χ1n) is 14.4. The molecule has 0 unspecified atom stereocenters. The Morgan fingerprint density at radius 1 is 0.667 bits per heavy atom. The van der Waals surface area contributed by atoms with Crippen molar-refractivity contribution in [3.63, 3.8) is 0 Å². The van der Waals surface area contributed by atoms with E-state index < -0.39 is 0 Å². The largest absolute Gasteiger partial charge is 0.494 e. The molecule has 0 atom stereocenters. The molecule has 0 N–H and O–H groups in total. The minimum Gasteiger partial charge on any atom is -0.494 e. The van der Waals surface area contributed by atoms with Gasteiger partial charge in [-0.2, -0.15) is 0 Å². The number of allylic oxidation sites excluding steroid dienone is 1. The number of hydrogen-bond donors (Lipinski definition) is 0. The predicted molar refractivity (Wildman–Crippen MR) is 159 cm³/mol. The summed E-state index contributed by atoms with van der Waals surface area (Å²) in [6, 6.07) is 15.4. The van der Waals surface area contributed by atoms with Crippen LogP contribution in [0.1, 0.15) is 126 Å². The number of ketones is 1. The SMILES string of the molecule is CCCCCCCCCCCCCCCCCCOc1ccc(C=CC(=O)c2ccc(Br)cc2)cc1. The molecule has 0 aliphatic carbocycles. The highest BCUT2D eigenvalue weighted by atomic mass is 79.9. The van der Waals surface area contributed by atoms with Crippen LogP contribution < -0.4 is 4.74 Å². The van der Waals surface area contributed by atoms with Crippen molar-refractivity contribution in [3.05, 3.63) is 70.2 Å². The number of carbonyl (C=O) groups is 1. The molecular weight excluding hydrogens is 508 g/mol. The molecule has 0 saturated carbocycles. The first kappa shape index (κ1) is 30.4. The van der Waals surface area contributed by atoms with Crippen LogP contribution in [0.25, 0.3) is 6.08 Å². The number of rotatable bonds is 21. The van der Waals surface area contributed by atoms with Crippen molar-refractivity contribution in [3.8, 4) is 5.75 Å². The van der Waals surface area contributed by atoms with E-state index in [0.717, 1.165) is 28.8 Å². The summed E-state index contributed by atoms with van der Waals surface area (Å²) < 4.78 is 6.86. The standard InChI is InChI=1S/C33H47BrO2/c1-2-3-4-5-6-7-8-9-10-11-12-13-14-15-16-17-28-36-32-25-18-29(19-26-32)20-27-33(35)30-21-23-31(34)24-22-30/h18-27H,2-17,28H2,1H3. The Kier molecular flexibility index (Phi) is 17.0. The molecule has 2 aromatic rings. The van der Waals surface area contributed by atoms with E-state index in [9.17, 15) is 4.79 Å². The van der Waals surface area contributed by atoms with Crippen molar-refractivity contribution < 1.29 is 9.53 Å². The molecule has 36 heavy (non-hydrogen) atoms. The van der Waals surface area contributed by atoms with Gasteiger partial charge in [-0.1, -0.05) is 137 Å². The fourth-order valence-electron chi connectivity index (χ4n) is 4.40. The normalized spacial score (nSPS) is 11.3. The lowest BCUT2D eigenvalue weighted by molar-refractivity contribution is 0.104. The Bertz CT molecular complexity index is 839. The van der Waals surface area contributed by atoms with E-state index in [-0.39, 0.29) is 5.78 Å². The molecule has 0 fully saturated rings. The minimum absolute atomic E-state index is 0.00586. The van der Waals surface area contributed by atoms with Crippen molar-refractivity contribution >= 4 is 27.8 Å². The van der Waals surface area contributed by atoms with Gasteiger partial charge in [0, 0.05) is 10.0 Å². The summed E-state index contributed by atoms with van der Waals surface area (Å²) in [7, 11) is 0. The van der Waals surface area contributed by atoms with Gasteiger partial charge in [0.1, 0.15) is 5.75 Å². The molecule has 2 rings (SSSR count). The first-order chi connectivity index (χ1) is 17.7. The molecular formula is C33H47BrO2. The van der Waals surface area contributed by atoms with Gasteiger partial charge in [0.2, 0.25) is 0 Å². The van der Waals surface area contributed by atoms with Crippen LogP contribution in [-0.2, 0) is 0 Å². The average Bonchev–Trinajstić information content (AvgIpc) is 2.90. The molecule has 2 nitrogen and oxygen atoms in total. The van der Waals surface area contributed by atoms with Gasteiger partial charge in [0.15, 0.2) is 5.78 Å². The average molecular weight is 556 g/mol. The molecule has 0 aliphatic rings. The minimum atomic E-state index is 0.00586. The van der Waals surface area contributed by atoms with Crippen LogP contribution in [-0.4, -0.2) is 12.4 Å². The monoisotopic (exact) mass is 554 g/mol. The second-order valence-corrected chi connectivity index (χ2v) is 10.8. The van der Waals surface area contributed by atoms with E-state index in [1.54, 1.807) is 6.08 Å². The van der Waals surface area contributed by atoms with Crippen LogP contribution in [0.15, 0.2) is 59.1 Å². The van der Waals surface area contributed by atoms with Crippen LogP contribution in [0, 0.1) is 0 Å². The lowest BCUT2D eigenvalue weighted by atomic mass is 10.0. The molecule has 0 spiro atoms. The molecule has 0 aromatic heterocycles. The predicted octanol–water partition coefficient (Wildman–Crippen LogP) is 11.0. The van der Waals surface area contributed by atoms with Gasteiger partial charge in [0.05, 0.1) is 6.61 Å². The number of benzene rings is 2. The third-order valence-electron chi connectivity index (χ3n) is 6.70. The van der Waals surface area contributed by atoms with E-state index in [4.69, 9.17) is 4.74 Å². The second-order valence-electron chi connectivity index (χ2n) is 9.93. The van der Waals surface area contributed by atoms with Crippen molar-refractivity contribution in [2.24, 2.45) is 0 Å². The Morgan fingerprint density at radius 3 is 1.64 bits per heavy atom. The third-order valence-corrected chi connectivity index (χ3v) is 7.23. The molecule has 198 valence electrons. The van der Waals surface area contributed by atoms with Crippen molar-refractivity contribution in [1.82, 2.24) is 0 Å². The Labute approximate surface area is 229 Å². The van der Waals surface area contributed by atoms with E-state index in [1.807, 2.05) is 54.6 Å². The van der Waals surface area contributed by atoms with E-state index in [1.165, 1.54) is 96.3 Å². The van der Waals surface area contributed by atoms with Gasteiger partial charge < -0.3 is 4.74 Å². The van der Waals surface area contributed by atoms with Gasteiger partial charge in [-0.05, 0) is 54.5 Å². The quantitative estimate of drug-likeness (QED) is 0.0870. The lowest BCUT2D eigenvalue weighted by Crippen LogP contribution is -1.97. The Hall–Kier alpha value is -1.87. The summed E-state index contributed by atoms with van der Waals surface area (Å²) in [6.45, 7) is 3.06. The van der Waals surface area contributed by atoms with E-state index in [0.29, 0.717) is 5.56 Å².